The van der Waals surface area contributed by atoms with Crippen molar-refractivity contribution in [2.75, 3.05) is 12.8 Å². The Balaban J connectivity index is 2.43. The standard InChI is InChI=1S/C11H15ClFNS/c1-8(15-2)6-14-7-9-3-10(12)5-11(13)4-9/h3-5,8,14H,6-7H2,1-2H3. The molecule has 1 N–H and O–H groups in total. The van der Waals surface area contributed by atoms with Crippen molar-refractivity contribution in [1.29, 1.82) is 0 Å². The Labute approximate surface area is 99.4 Å². The number of halogens is 2. The fourth-order valence-electron chi connectivity index (χ4n) is 1.22. The summed E-state index contributed by atoms with van der Waals surface area (Å²) in [6.45, 7) is 3.72. The van der Waals surface area contributed by atoms with Gasteiger partial charge in [0.25, 0.3) is 0 Å². The van der Waals surface area contributed by atoms with Crippen LogP contribution in [0.25, 0.3) is 0 Å². The third-order valence-electron chi connectivity index (χ3n) is 2.09. The van der Waals surface area contributed by atoms with Gasteiger partial charge in [-0.3, -0.25) is 0 Å². The molecule has 0 saturated carbocycles. The van der Waals surface area contributed by atoms with E-state index in [9.17, 15) is 4.39 Å². The van der Waals surface area contributed by atoms with Gasteiger partial charge in [-0.05, 0) is 30.0 Å². The van der Waals surface area contributed by atoms with E-state index in [0.717, 1.165) is 12.1 Å². The van der Waals surface area contributed by atoms with Crippen molar-refractivity contribution < 1.29 is 4.39 Å². The van der Waals surface area contributed by atoms with E-state index in [2.05, 4.69) is 18.5 Å². The van der Waals surface area contributed by atoms with Crippen LogP contribution in [0.2, 0.25) is 5.02 Å². The zero-order valence-corrected chi connectivity index (χ0v) is 10.5. The first-order chi connectivity index (χ1) is 7.11. The predicted octanol–water partition coefficient (Wildman–Crippen LogP) is 3.32. The van der Waals surface area contributed by atoms with Gasteiger partial charge in [0, 0.05) is 23.4 Å². The number of rotatable bonds is 5. The van der Waals surface area contributed by atoms with Gasteiger partial charge in [0.1, 0.15) is 5.82 Å². The summed E-state index contributed by atoms with van der Waals surface area (Å²) in [7, 11) is 0. The predicted molar refractivity (Wildman–Crippen MR) is 66.1 cm³/mol. The van der Waals surface area contributed by atoms with E-state index in [4.69, 9.17) is 11.6 Å². The average molecular weight is 248 g/mol. The second-order valence-electron chi connectivity index (χ2n) is 3.45. The highest BCUT2D eigenvalue weighted by Crippen LogP contribution is 2.14. The molecule has 0 saturated heterocycles. The van der Waals surface area contributed by atoms with Crippen LogP contribution < -0.4 is 5.32 Å². The first-order valence-corrected chi connectivity index (χ1v) is 6.47. The van der Waals surface area contributed by atoms with Crippen LogP contribution in [0.4, 0.5) is 4.39 Å². The molecule has 0 aliphatic heterocycles. The molecular weight excluding hydrogens is 233 g/mol. The molecule has 0 amide bonds. The summed E-state index contributed by atoms with van der Waals surface area (Å²) in [6, 6.07) is 4.60. The first kappa shape index (κ1) is 12.8. The fraction of sp³-hybridized carbons (Fsp3) is 0.455. The Morgan fingerprint density at radius 3 is 2.80 bits per heavy atom. The Kier molecular flexibility index (Phi) is 5.43. The molecule has 0 heterocycles. The highest BCUT2D eigenvalue weighted by atomic mass is 35.5. The highest BCUT2D eigenvalue weighted by Gasteiger charge is 2.01. The van der Waals surface area contributed by atoms with Crippen LogP contribution in [0.1, 0.15) is 12.5 Å². The quantitative estimate of drug-likeness (QED) is 0.857. The van der Waals surface area contributed by atoms with Gasteiger partial charge in [-0.2, -0.15) is 11.8 Å². The molecule has 1 atom stereocenters. The molecule has 1 unspecified atom stereocenters. The second kappa shape index (κ2) is 6.36. The van der Waals surface area contributed by atoms with Crippen molar-refractivity contribution in [2.24, 2.45) is 0 Å². The lowest BCUT2D eigenvalue weighted by Gasteiger charge is -2.09. The summed E-state index contributed by atoms with van der Waals surface area (Å²) in [5, 5.41) is 4.27. The van der Waals surface area contributed by atoms with Gasteiger partial charge in [0.05, 0.1) is 0 Å². The molecule has 0 radical (unpaired) electrons. The normalized spacial score (nSPS) is 12.8. The van der Waals surface area contributed by atoms with E-state index in [1.165, 1.54) is 12.1 Å². The first-order valence-electron chi connectivity index (χ1n) is 4.80. The number of hydrogen-bond acceptors (Lipinski definition) is 2. The lowest BCUT2D eigenvalue weighted by Crippen LogP contribution is -2.22. The number of nitrogens with one attached hydrogen (secondary N) is 1. The molecule has 84 valence electrons. The molecule has 0 spiro atoms. The fourth-order valence-corrected chi connectivity index (χ4v) is 1.75. The maximum Gasteiger partial charge on any atom is 0.125 e. The van der Waals surface area contributed by atoms with Crippen LogP contribution in [0.3, 0.4) is 0 Å². The summed E-state index contributed by atoms with van der Waals surface area (Å²) >= 11 is 7.55. The number of thioether (sulfide) groups is 1. The molecule has 4 heteroatoms. The van der Waals surface area contributed by atoms with E-state index in [0.29, 0.717) is 16.8 Å². The number of benzene rings is 1. The molecule has 0 bridgehead atoms. The Morgan fingerprint density at radius 1 is 1.47 bits per heavy atom. The van der Waals surface area contributed by atoms with E-state index >= 15 is 0 Å². The van der Waals surface area contributed by atoms with Crippen LogP contribution in [-0.2, 0) is 6.54 Å². The maximum absolute atomic E-state index is 13.0. The molecule has 15 heavy (non-hydrogen) atoms. The lowest BCUT2D eigenvalue weighted by atomic mass is 10.2. The van der Waals surface area contributed by atoms with Crippen LogP contribution >= 0.6 is 23.4 Å². The van der Waals surface area contributed by atoms with E-state index in [1.807, 2.05) is 0 Å². The van der Waals surface area contributed by atoms with Crippen molar-refractivity contribution in [3.05, 3.63) is 34.6 Å². The zero-order valence-electron chi connectivity index (χ0n) is 8.89. The highest BCUT2D eigenvalue weighted by molar-refractivity contribution is 7.99. The SMILES string of the molecule is CSC(C)CNCc1cc(F)cc(Cl)c1. The molecule has 1 aromatic carbocycles. The van der Waals surface area contributed by atoms with Crippen LogP contribution in [0.15, 0.2) is 18.2 Å². The van der Waals surface area contributed by atoms with Crippen LogP contribution in [0, 0.1) is 5.82 Å². The third-order valence-corrected chi connectivity index (χ3v) is 3.28. The summed E-state index contributed by atoms with van der Waals surface area (Å²) in [4.78, 5) is 0. The van der Waals surface area contributed by atoms with Gasteiger partial charge >= 0.3 is 0 Å². The average Bonchev–Trinajstić information content (AvgIpc) is 2.16. The van der Waals surface area contributed by atoms with E-state index in [1.54, 1.807) is 17.8 Å². The molecular formula is C11H15ClFNS. The molecule has 0 aromatic heterocycles. The van der Waals surface area contributed by atoms with Gasteiger partial charge in [-0.25, -0.2) is 4.39 Å². The smallest absolute Gasteiger partial charge is 0.125 e. The topological polar surface area (TPSA) is 12.0 Å². The molecule has 0 aliphatic carbocycles. The van der Waals surface area contributed by atoms with Crippen molar-refractivity contribution in [1.82, 2.24) is 5.32 Å². The Hall–Kier alpha value is -0.250. The van der Waals surface area contributed by atoms with Gasteiger partial charge in [0.2, 0.25) is 0 Å². The Morgan fingerprint density at radius 2 is 2.20 bits per heavy atom. The molecule has 0 aliphatic rings. The minimum atomic E-state index is -0.280. The zero-order chi connectivity index (χ0) is 11.3. The number of hydrogen-bond donors (Lipinski definition) is 1. The summed E-state index contributed by atoms with van der Waals surface area (Å²) < 4.78 is 13.0. The minimum absolute atomic E-state index is 0.280. The van der Waals surface area contributed by atoms with Crippen molar-refractivity contribution in [3.63, 3.8) is 0 Å². The maximum atomic E-state index is 13.0. The van der Waals surface area contributed by atoms with Crippen LogP contribution in [-0.4, -0.2) is 18.1 Å². The molecule has 0 fully saturated rings. The summed E-state index contributed by atoms with van der Waals surface area (Å²) in [5.41, 5.74) is 0.883. The van der Waals surface area contributed by atoms with Crippen molar-refractivity contribution >= 4 is 23.4 Å². The second-order valence-corrected chi connectivity index (χ2v) is 5.17. The summed E-state index contributed by atoms with van der Waals surface area (Å²) in [5.74, 6) is -0.280. The van der Waals surface area contributed by atoms with Crippen molar-refractivity contribution in [2.45, 2.75) is 18.7 Å². The molecule has 1 aromatic rings. The van der Waals surface area contributed by atoms with E-state index in [-0.39, 0.29) is 5.82 Å². The van der Waals surface area contributed by atoms with E-state index < -0.39 is 0 Å². The molecule has 1 nitrogen and oxygen atoms in total. The lowest BCUT2D eigenvalue weighted by molar-refractivity contribution is 0.620. The van der Waals surface area contributed by atoms with Gasteiger partial charge in [-0.1, -0.05) is 18.5 Å². The Bertz CT molecular complexity index is 299. The third kappa shape index (κ3) is 4.87. The van der Waals surface area contributed by atoms with Crippen molar-refractivity contribution in [3.8, 4) is 0 Å². The van der Waals surface area contributed by atoms with Gasteiger partial charge in [0.15, 0.2) is 0 Å². The van der Waals surface area contributed by atoms with Crippen LogP contribution in [0.5, 0.6) is 0 Å². The largest absolute Gasteiger partial charge is 0.312 e. The summed E-state index contributed by atoms with van der Waals surface area (Å²) in [6.07, 6.45) is 2.07. The molecule has 1 rings (SSSR count). The minimum Gasteiger partial charge on any atom is -0.312 e. The monoisotopic (exact) mass is 247 g/mol. The van der Waals surface area contributed by atoms with Gasteiger partial charge < -0.3 is 5.32 Å². The van der Waals surface area contributed by atoms with Gasteiger partial charge in [-0.15, -0.1) is 0 Å².